The molecule has 10 nitrogen and oxygen atoms in total. The van der Waals surface area contributed by atoms with Crippen molar-refractivity contribution in [2.24, 2.45) is 16.9 Å². The van der Waals surface area contributed by atoms with Crippen molar-refractivity contribution in [3.63, 3.8) is 0 Å². The predicted molar refractivity (Wildman–Crippen MR) is 171 cm³/mol. The second kappa shape index (κ2) is 15.3. The van der Waals surface area contributed by atoms with E-state index in [9.17, 15) is 49.1 Å². The van der Waals surface area contributed by atoms with Gasteiger partial charge in [0.15, 0.2) is 0 Å². The highest BCUT2D eigenvalue weighted by molar-refractivity contribution is 5.83. The van der Waals surface area contributed by atoms with Crippen LogP contribution >= 0.6 is 0 Å². The maximum absolute atomic E-state index is 14.3. The molecule has 19 heteroatoms. The Balaban J connectivity index is 1.61. The molecule has 3 rings (SSSR count). The van der Waals surface area contributed by atoms with Gasteiger partial charge in [0, 0.05) is 28.1 Å². The summed E-state index contributed by atoms with van der Waals surface area (Å²) in [5.74, 6) is -1.41. The number of carbonyl (C=O) groups is 1. The third kappa shape index (κ3) is 11.7. The molecule has 0 amide bonds. The number of fused-ring (bicyclic) bond motifs is 1. The number of benzene rings is 2. The Morgan fingerprint density at radius 2 is 1.32 bits per heavy atom. The first-order chi connectivity index (χ1) is 24.0. The molecule has 0 saturated carbocycles. The van der Waals surface area contributed by atoms with Crippen LogP contribution < -0.4 is 26.6 Å². The highest BCUT2D eigenvalue weighted by Gasteiger charge is 2.53. The number of esters is 1. The van der Waals surface area contributed by atoms with Crippen LogP contribution in [0.3, 0.4) is 0 Å². The minimum atomic E-state index is -5.53. The van der Waals surface area contributed by atoms with Gasteiger partial charge in [0.1, 0.15) is 17.1 Å². The molecule has 1 heterocycles. The van der Waals surface area contributed by atoms with E-state index in [4.69, 9.17) is 30.1 Å². The Labute approximate surface area is 297 Å². The molecule has 1 unspecified atom stereocenters. The van der Waals surface area contributed by atoms with Crippen LogP contribution in [-0.2, 0) is 25.2 Å². The molecule has 0 fully saturated rings. The first kappa shape index (κ1) is 43.3. The second-order valence-electron chi connectivity index (χ2n) is 13.7. The van der Waals surface area contributed by atoms with Crippen LogP contribution in [0.2, 0.25) is 0 Å². The molecule has 0 bridgehead atoms. The van der Waals surface area contributed by atoms with Crippen LogP contribution in [0, 0.1) is 5.41 Å². The van der Waals surface area contributed by atoms with E-state index < -0.39 is 95.5 Å². The van der Waals surface area contributed by atoms with Crippen LogP contribution in [-0.4, -0.2) is 55.9 Å². The van der Waals surface area contributed by atoms with E-state index in [2.05, 4.69) is 9.47 Å². The fourth-order valence-corrected chi connectivity index (χ4v) is 5.14. The summed E-state index contributed by atoms with van der Waals surface area (Å²) >= 11 is 0. The van der Waals surface area contributed by atoms with Gasteiger partial charge in [0.2, 0.25) is 0 Å². The second-order valence-corrected chi connectivity index (χ2v) is 13.7. The molecule has 1 atom stereocenters. The molecule has 3 aromatic rings. The van der Waals surface area contributed by atoms with Gasteiger partial charge in [-0.15, -0.1) is 8.78 Å². The lowest BCUT2D eigenvalue weighted by Gasteiger charge is -2.42. The standard InChI is InChI=1S/C34H39F9N2O8/c1-28(2,44)18-30(5,29(3,4)45)27(47)50-14-12-32(37,38)53-34(42,43)52-31(35,36)11-13-49-21-8-7-19-15-23(26(46)51-25(19)17-21)22-10-9-20(48-6)16-24(22)33(39,40)41/h7-10,15-17H,11-14,18,44-45H2,1-6H3. The van der Waals surface area contributed by atoms with Gasteiger partial charge in [0.05, 0.1) is 49.7 Å². The zero-order chi connectivity index (χ0) is 40.4. The van der Waals surface area contributed by atoms with Crippen LogP contribution in [0.1, 0.15) is 59.4 Å². The fourth-order valence-electron chi connectivity index (χ4n) is 5.14. The number of methoxy groups -OCH3 is 1. The monoisotopic (exact) mass is 774 g/mol. The summed E-state index contributed by atoms with van der Waals surface area (Å²) in [7, 11) is 1.16. The van der Waals surface area contributed by atoms with Gasteiger partial charge in [0.25, 0.3) is 0 Å². The molecule has 0 spiro atoms. The van der Waals surface area contributed by atoms with Crippen molar-refractivity contribution < 1.29 is 72.4 Å². The number of nitrogens with two attached hydrogens (primary N) is 2. The Kier molecular flexibility index (Phi) is 12.6. The smallest absolute Gasteiger partial charge is 0.494 e. The Hall–Kier alpha value is -4.07. The summed E-state index contributed by atoms with van der Waals surface area (Å²) < 4.78 is 153. The lowest BCUT2D eigenvalue weighted by atomic mass is 9.67. The number of rotatable bonds is 17. The lowest BCUT2D eigenvalue weighted by Crippen LogP contribution is -2.58. The van der Waals surface area contributed by atoms with Gasteiger partial charge in [-0.3, -0.25) is 4.79 Å². The van der Waals surface area contributed by atoms with Crippen LogP contribution in [0.4, 0.5) is 39.5 Å². The van der Waals surface area contributed by atoms with Gasteiger partial charge in [-0.2, -0.15) is 30.7 Å². The van der Waals surface area contributed by atoms with Crippen molar-refractivity contribution >= 4 is 16.9 Å². The van der Waals surface area contributed by atoms with E-state index in [-0.39, 0.29) is 28.9 Å². The molecular weight excluding hydrogens is 735 g/mol. The zero-order valence-corrected chi connectivity index (χ0v) is 29.4. The van der Waals surface area contributed by atoms with Crippen LogP contribution in [0.5, 0.6) is 11.5 Å². The molecular formula is C34H39F9N2O8. The molecule has 0 aliphatic heterocycles. The van der Waals surface area contributed by atoms with E-state index in [1.807, 2.05) is 0 Å². The molecule has 2 aromatic carbocycles. The number of carbonyl (C=O) groups excluding carboxylic acids is 1. The highest BCUT2D eigenvalue weighted by atomic mass is 19.4. The van der Waals surface area contributed by atoms with E-state index in [1.165, 1.54) is 32.9 Å². The summed E-state index contributed by atoms with van der Waals surface area (Å²) in [4.78, 5) is 25.4. The third-order valence-corrected chi connectivity index (χ3v) is 8.04. The first-order valence-electron chi connectivity index (χ1n) is 15.7. The first-order valence-corrected chi connectivity index (χ1v) is 15.7. The van der Waals surface area contributed by atoms with Gasteiger partial charge < -0.3 is 30.1 Å². The van der Waals surface area contributed by atoms with E-state index in [1.54, 1.807) is 13.8 Å². The average Bonchev–Trinajstić information content (AvgIpc) is 2.97. The predicted octanol–water partition coefficient (Wildman–Crippen LogP) is 7.83. The Bertz CT molecular complexity index is 1820. The van der Waals surface area contributed by atoms with Crippen LogP contribution in [0.15, 0.2) is 51.7 Å². The fraction of sp³-hybridized carbons (Fsp3) is 0.529. The van der Waals surface area contributed by atoms with Gasteiger partial charge in [-0.05, 0) is 77.4 Å². The van der Waals surface area contributed by atoms with Gasteiger partial charge in [-0.25, -0.2) is 14.3 Å². The number of alkyl halides is 9. The van der Waals surface area contributed by atoms with Crippen LogP contribution in [0.25, 0.3) is 22.1 Å². The topological polar surface area (TPSA) is 145 Å². The van der Waals surface area contributed by atoms with Crippen molar-refractivity contribution in [1.29, 1.82) is 0 Å². The molecule has 1 aromatic heterocycles. The maximum Gasteiger partial charge on any atom is 0.494 e. The number of hydrogen-bond acceptors (Lipinski definition) is 10. The summed E-state index contributed by atoms with van der Waals surface area (Å²) in [5, 5.41) is 0.105. The number of hydrogen-bond donors (Lipinski definition) is 2. The molecule has 53 heavy (non-hydrogen) atoms. The molecule has 4 N–H and O–H groups in total. The molecule has 296 valence electrons. The lowest BCUT2D eigenvalue weighted by molar-refractivity contribution is -0.514. The van der Waals surface area contributed by atoms with Crippen molar-refractivity contribution in [3.8, 4) is 22.6 Å². The normalized spacial score (nSPS) is 14.6. The van der Waals surface area contributed by atoms with Crippen molar-refractivity contribution in [1.82, 2.24) is 0 Å². The summed E-state index contributed by atoms with van der Waals surface area (Å²) in [6.45, 7) is 5.31. The van der Waals surface area contributed by atoms with Gasteiger partial charge in [-0.1, -0.05) is 0 Å². The Morgan fingerprint density at radius 1 is 0.755 bits per heavy atom. The maximum atomic E-state index is 14.3. The summed E-state index contributed by atoms with van der Waals surface area (Å²) in [5.41, 5.74) is 4.85. The summed E-state index contributed by atoms with van der Waals surface area (Å²) in [6.07, 6.45) is -23.3. The van der Waals surface area contributed by atoms with Crippen molar-refractivity contribution in [2.45, 2.75) is 89.6 Å². The highest BCUT2D eigenvalue weighted by Crippen LogP contribution is 2.41. The summed E-state index contributed by atoms with van der Waals surface area (Å²) in [6, 6.07) is 7.44. The molecule has 0 radical (unpaired) electrons. The SMILES string of the molecule is COc1ccc(-c2cc3ccc(OCCC(F)(F)OC(F)(F)OC(F)(F)CCOC(=O)C(C)(CC(C)(C)N)C(C)(C)N)cc3oc2=O)c(C(F)(F)F)c1. The minimum Gasteiger partial charge on any atom is -0.497 e. The number of ether oxygens (including phenoxy) is 5. The minimum absolute atomic E-state index is 0.0432. The molecule has 0 aliphatic carbocycles. The molecule has 0 aliphatic rings. The third-order valence-electron chi connectivity index (χ3n) is 8.04. The van der Waals surface area contributed by atoms with Crippen molar-refractivity contribution in [2.75, 3.05) is 20.3 Å². The van der Waals surface area contributed by atoms with E-state index in [0.29, 0.717) is 6.07 Å². The quantitative estimate of drug-likeness (QED) is 0.0603. The van der Waals surface area contributed by atoms with E-state index >= 15 is 0 Å². The average molecular weight is 775 g/mol. The Morgan fingerprint density at radius 3 is 1.85 bits per heavy atom. The van der Waals surface area contributed by atoms with E-state index in [0.717, 1.165) is 31.4 Å². The van der Waals surface area contributed by atoms with Crippen molar-refractivity contribution in [3.05, 3.63) is 58.4 Å². The largest absolute Gasteiger partial charge is 0.497 e. The number of halogens is 9. The van der Waals surface area contributed by atoms with Gasteiger partial charge >= 0.3 is 36.3 Å². The zero-order valence-electron chi connectivity index (χ0n) is 29.4. The molecule has 0 saturated heterocycles.